The largest absolute Gasteiger partial charge is 0.495 e. The highest BCUT2D eigenvalue weighted by molar-refractivity contribution is 5.87. The number of nitrogens with zero attached hydrogens (tertiary/aromatic N) is 2. The maximum absolute atomic E-state index is 8.80. The number of anilines is 1. The fraction of sp³-hybridized carbons (Fsp3) is 0.273. The van der Waals surface area contributed by atoms with Gasteiger partial charge < -0.3 is 20.3 Å². The van der Waals surface area contributed by atoms with Crippen molar-refractivity contribution < 1.29 is 14.9 Å². The van der Waals surface area contributed by atoms with Crippen molar-refractivity contribution in [3.8, 4) is 5.75 Å². The zero-order valence-electron chi connectivity index (χ0n) is 9.29. The Morgan fingerprint density at radius 1 is 1.41 bits per heavy atom. The number of pyridine rings is 2. The van der Waals surface area contributed by atoms with Crippen molar-refractivity contribution in [1.29, 1.82) is 0 Å². The molecule has 2 heterocycles. The summed E-state index contributed by atoms with van der Waals surface area (Å²) in [5, 5.41) is 20.5. The van der Waals surface area contributed by atoms with E-state index in [1.54, 1.807) is 31.6 Å². The van der Waals surface area contributed by atoms with Crippen LogP contribution in [0.2, 0.25) is 0 Å². The average Bonchev–Trinajstić information content (AvgIpc) is 2.35. The molecule has 0 amide bonds. The minimum atomic E-state index is -1.41. The highest BCUT2D eigenvalue weighted by Gasteiger charge is 2.05. The average molecular weight is 235 g/mol. The number of aromatic nitrogens is 2. The monoisotopic (exact) mass is 235 g/mol. The molecule has 0 radical (unpaired) electrons. The summed E-state index contributed by atoms with van der Waals surface area (Å²) in [6, 6.07) is 3.49. The number of aliphatic hydroxyl groups is 2. The lowest BCUT2D eigenvalue weighted by Crippen LogP contribution is -2.18. The first-order chi connectivity index (χ1) is 8.20. The van der Waals surface area contributed by atoms with Crippen LogP contribution in [-0.4, -0.2) is 40.1 Å². The number of hydrogen-bond acceptors (Lipinski definition) is 6. The van der Waals surface area contributed by atoms with Crippen molar-refractivity contribution >= 4 is 16.7 Å². The Kier molecular flexibility index (Phi) is 3.36. The van der Waals surface area contributed by atoms with Gasteiger partial charge in [0.2, 0.25) is 0 Å². The third kappa shape index (κ3) is 2.61. The van der Waals surface area contributed by atoms with Crippen LogP contribution in [0.5, 0.6) is 5.75 Å². The summed E-state index contributed by atoms with van der Waals surface area (Å²) in [6.07, 6.45) is 1.80. The molecule has 6 nitrogen and oxygen atoms in total. The van der Waals surface area contributed by atoms with Crippen LogP contribution in [0, 0.1) is 0 Å². The minimum absolute atomic E-state index is 0.0345. The molecule has 2 rings (SSSR count). The summed E-state index contributed by atoms with van der Waals surface area (Å²) in [6.45, 7) is 0.0345. The smallest absolute Gasteiger partial charge is 0.169 e. The van der Waals surface area contributed by atoms with Crippen LogP contribution >= 0.6 is 0 Å². The van der Waals surface area contributed by atoms with E-state index in [1.165, 1.54) is 0 Å². The van der Waals surface area contributed by atoms with Gasteiger partial charge in [0.25, 0.3) is 0 Å². The molecule has 0 aliphatic heterocycles. The van der Waals surface area contributed by atoms with Crippen LogP contribution in [0.3, 0.4) is 0 Å². The molecule has 0 aliphatic rings. The molecule has 2 aromatic rings. The molecule has 0 spiro atoms. The van der Waals surface area contributed by atoms with Gasteiger partial charge in [0.15, 0.2) is 6.29 Å². The Morgan fingerprint density at radius 3 is 2.94 bits per heavy atom. The first-order valence-corrected chi connectivity index (χ1v) is 5.09. The summed E-state index contributed by atoms with van der Waals surface area (Å²) >= 11 is 0. The Bertz CT molecular complexity index is 516. The van der Waals surface area contributed by atoms with E-state index in [9.17, 15) is 0 Å². The molecule has 0 saturated carbocycles. The maximum Gasteiger partial charge on any atom is 0.169 e. The number of ether oxygens (including phenoxy) is 1. The first-order valence-electron chi connectivity index (χ1n) is 5.09. The molecule has 0 fully saturated rings. The maximum atomic E-state index is 8.80. The summed E-state index contributed by atoms with van der Waals surface area (Å²) < 4.78 is 5.06. The van der Waals surface area contributed by atoms with Crippen molar-refractivity contribution in [2.24, 2.45) is 0 Å². The Hall–Kier alpha value is -1.92. The summed E-state index contributed by atoms with van der Waals surface area (Å²) in [4.78, 5) is 8.39. The van der Waals surface area contributed by atoms with Gasteiger partial charge in [0.1, 0.15) is 11.3 Å². The number of hydrogen-bond donors (Lipinski definition) is 3. The normalized spacial score (nSPS) is 10.8. The third-order valence-electron chi connectivity index (χ3n) is 2.26. The molecular formula is C11H13N3O3. The van der Waals surface area contributed by atoms with Crippen LogP contribution in [0.25, 0.3) is 11.0 Å². The van der Waals surface area contributed by atoms with Gasteiger partial charge in [-0.2, -0.15) is 0 Å². The molecule has 0 saturated heterocycles. The molecule has 0 aliphatic carbocycles. The SMILES string of the molecule is COc1cnc2c(NCC(O)O)ccnc2c1. The van der Waals surface area contributed by atoms with Crippen LogP contribution < -0.4 is 10.1 Å². The van der Waals surface area contributed by atoms with E-state index in [1.807, 2.05) is 0 Å². The van der Waals surface area contributed by atoms with Crippen LogP contribution in [-0.2, 0) is 0 Å². The number of aliphatic hydroxyl groups excluding tert-OH is 1. The van der Waals surface area contributed by atoms with Crippen LogP contribution in [0.15, 0.2) is 24.5 Å². The standard InChI is InChI=1S/C11H13N3O3/c1-17-7-4-9-11(14-5-7)8(2-3-12-9)13-6-10(15)16/h2-5,10,15-16H,6H2,1H3,(H,12,13). The van der Waals surface area contributed by atoms with E-state index in [4.69, 9.17) is 14.9 Å². The lowest BCUT2D eigenvalue weighted by atomic mass is 10.2. The number of fused-ring (bicyclic) bond motifs is 1. The van der Waals surface area contributed by atoms with E-state index in [2.05, 4.69) is 15.3 Å². The number of rotatable bonds is 4. The lowest BCUT2D eigenvalue weighted by molar-refractivity contribution is -0.0275. The van der Waals surface area contributed by atoms with Gasteiger partial charge in [-0.3, -0.25) is 4.98 Å². The molecule has 6 heteroatoms. The van der Waals surface area contributed by atoms with Crippen molar-refractivity contribution in [2.45, 2.75) is 6.29 Å². The topological polar surface area (TPSA) is 87.5 Å². The molecule has 17 heavy (non-hydrogen) atoms. The van der Waals surface area contributed by atoms with Gasteiger partial charge in [-0.05, 0) is 6.07 Å². The quantitative estimate of drug-likeness (QED) is 0.663. The van der Waals surface area contributed by atoms with Gasteiger partial charge in [-0.25, -0.2) is 4.98 Å². The molecule has 90 valence electrons. The molecule has 0 atom stereocenters. The number of nitrogens with one attached hydrogen (secondary N) is 1. The number of methoxy groups -OCH3 is 1. The van der Waals surface area contributed by atoms with Crippen molar-refractivity contribution in [3.05, 3.63) is 24.5 Å². The van der Waals surface area contributed by atoms with E-state index >= 15 is 0 Å². The molecule has 2 aromatic heterocycles. The fourth-order valence-corrected chi connectivity index (χ4v) is 1.47. The zero-order chi connectivity index (χ0) is 12.3. The Labute approximate surface area is 97.9 Å². The second kappa shape index (κ2) is 4.94. The van der Waals surface area contributed by atoms with Gasteiger partial charge in [0.05, 0.1) is 31.1 Å². The molecular weight excluding hydrogens is 222 g/mol. The van der Waals surface area contributed by atoms with Crippen molar-refractivity contribution in [3.63, 3.8) is 0 Å². The van der Waals surface area contributed by atoms with E-state index < -0.39 is 6.29 Å². The summed E-state index contributed by atoms with van der Waals surface area (Å²) in [5.74, 6) is 0.629. The second-order valence-electron chi connectivity index (χ2n) is 3.46. The van der Waals surface area contributed by atoms with Crippen LogP contribution in [0.1, 0.15) is 0 Å². The van der Waals surface area contributed by atoms with Gasteiger partial charge >= 0.3 is 0 Å². The first kappa shape index (κ1) is 11.6. The van der Waals surface area contributed by atoms with Crippen molar-refractivity contribution in [2.75, 3.05) is 19.0 Å². The van der Waals surface area contributed by atoms with E-state index in [0.717, 1.165) is 0 Å². The van der Waals surface area contributed by atoms with E-state index in [-0.39, 0.29) is 6.54 Å². The van der Waals surface area contributed by atoms with Gasteiger partial charge in [-0.1, -0.05) is 0 Å². The highest BCUT2D eigenvalue weighted by Crippen LogP contribution is 2.22. The van der Waals surface area contributed by atoms with E-state index in [0.29, 0.717) is 22.5 Å². The zero-order valence-corrected chi connectivity index (χ0v) is 9.29. The predicted molar refractivity (Wildman–Crippen MR) is 62.8 cm³/mol. The van der Waals surface area contributed by atoms with Gasteiger partial charge in [0, 0.05) is 12.3 Å². The molecule has 3 N–H and O–H groups in total. The molecule has 0 bridgehead atoms. The predicted octanol–water partition coefficient (Wildman–Crippen LogP) is 0.361. The lowest BCUT2D eigenvalue weighted by Gasteiger charge is -2.10. The molecule has 0 aromatic carbocycles. The Balaban J connectivity index is 2.36. The van der Waals surface area contributed by atoms with Gasteiger partial charge in [-0.15, -0.1) is 0 Å². The minimum Gasteiger partial charge on any atom is -0.495 e. The third-order valence-corrected chi connectivity index (χ3v) is 2.26. The fourth-order valence-electron chi connectivity index (χ4n) is 1.47. The van der Waals surface area contributed by atoms with Crippen molar-refractivity contribution in [1.82, 2.24) is 9.97 Å². The Morgan fingerprint density at radius 2 is 2.24 bits per heavy atom. The molecule has 0 unspecified atom stereocenters. The summed E-state index contributed by atoms with van der Waals surface area (Å²) in [7, 11) is 1.56. The van der Waals surface area contributed by atoms with Crippen LogP contribution in [0.4, 0.5) is 5.69 Å². The highest BCUT2D eigenvalue weighted by atomic mass is 16.5. The second-order valence-corrected chi connectivity index (χ2v) is 3.46. The summed E-state index contributed by atoms with van der Waals surface area (Å²) in [5.41, 5.74) is 2.04.